The second kappa shape index (κ2) is 9.79. The first-order chi connectivity index (χ1) is 15.9. The van der Waals surface area contributed by atoms with Gasteiger partial charge in [0.05, 0.1) is 5.56 Å². The molecule has 0 bridgehead atoms. The van der Waals surface area contributed by atoms with Crippen molar-refractivity contribution in [2.45, 2.75) is 51.4 Å². The van der Waals surface area contributed by atoms with Gasteiger partial charge in [-0.25, -0.2) is 22.0 Å². The summed E-state index contributed by atoms with van der Waals surface area (Å²) in [7, 11) is 0. The fourth-order valence-corrected chi connectivity index (χ4v) is 4.42. The predicted octanol–water partition coefficient (Wildman–Crippen LogP) is 7.40. The summed E-state index contributed by atoms with van der Waals surface area (Å²) in [6, 6.07) is 9.33. The van der Waals surface area contributed by atoms with Crippen LogP contribution in [0.5, 0.6) is 0 Å². The van der Waals surface area contributed by atoms with Crippen LogP contribution in [0.1, 0.15) is 65.5 Å². The largest absolute Gasteiger partial charge is 0.207 e. The lowest BCUT2D eigenvalue weighted by Gasteiger charge is -2.26. The van der Waals surface area contributed by atoms with E-state index in [-0.39, 0.29) is 22.6 Å². The monoisotopic (exact) mass is 454 g/mol. The molecule has 0 saturated heterocycles. The normalized spacial score (nSPS) is 15.0. The van der Waals surface area contributed by atoms with Crippen LogP contribution in [-0.2, 0) is 19.3 Å². The standard InChI is InChI=1S/C28H23F5/c1-2-3-4-18-14-25(31)27(26(32)15-18)21-10-11-22-20(16-21)9-8-19(28(22)33)7-5-17-6-12-23(29)24(30)13-17/h6,8-9,12-15,21H,2-4,10-11,16H2,1H3. The van der Waals surface area contributed by atoms with Crippen molar-refractivity contribution in [2.75, 3.05) is 0 Å². The average Bonchev–Trinajstić information content (AvgIpc) is 2.79. The van der Waals surface area contributed by atoms with Crippen LogP contribution in [0.15, 0.2) is 42.5 Å². The molecule has 3 aromatic rings. The van der Waals surface area contributed by atoms with Crippen LogP contribution in [-0.4, -0.2) is 0 Å². The molecular weight excluding hydrogens is 431 g/mol. The van der Waals surface area contributed by atoms with Crippen LogP contribution in [0.2, 0.25) is 0 Å². The van der Waals surface area contributed by atoms with Gasteiger partial charge in [-0.1, -0.05) is 31.3 Å². The second-order valence-electron chi connectivity index (χ2n) is 8.46. The SMILES string of the molecule is CCCCc1cc(F)c(C2CCc3c(ccc(C#Cc4ccc(F)c(F)c4)c3F)C2)c(F)c1. The van der Waals surface area contributed by atoms with E-state index >= 15 is 4.39 Å². The van der Waals surface area contributed by atoms with Gasteiger partial charge in [0.2, 0.25) is 0 Å². The summed E-state index contributed by atoms with van der Waals surface area (Å²) < 4.78 is 71.0. The van der Waals surface area contributed by atoms with Gasteiger partial charge in [-0.15, -0.1) is 0 Å². The minimum Gasteiger partial charge on any atom is -0.207 e. The highest BCUT2D eigenvalue weighted by molar-refractivity contribution is 5.48. The molecule has 0 amide bonds. The maximum Gasteiger partial charge on any atom is 0.160 e. The van der Waals surface area contributed by atoms with Gasteiger partial charge in [-0.05, 0) is 91.1 Å². The molecule has 33 heavy (non-hydrogen) atoms. The van der Waals surface area contributed by atoms with Crippen molar-refractivity contribution in [1.82, 2.24) is 0 Å². The number of halogens is 5. The van der Waals surface area contributed by atoms with Crippen molar-refractivity contribution in [3.05, 3.63) is 105 Å². The lowest BCUT2D eigenvalue weighted by Crippen LogP contribution is -2.17. The van der Waals surface area contributed by atoms with Crippen molar-refractivity contribution >= 4 is 0 Å². The summed E-state index contributed by atoms with van der Waals surface area (Å²) in [5.74, 6) is 1.42. The van der Waals surface area contributed by atoms with E-state index in [2.05, 4.69) is 11.8 Å². The van der Waals surface area contributed by atoms with Gasteiger partial charge >= 0.3 is 0 Å². The van der Waals surface area contributed by atoms with Crippen molar-refractivity contribution in [2.24, 2.45) is 0 Å². The zero-order valence-electron chi connectivity index (χ0n) is 18.3. The number of hydrogen-bond acceptors (Lipinski definition) is 0. The molecule has 0 N–H and O–H groups in total. The van der Waals surface area contributed by atoms with Crippen LogP contribution in [0.4, 0.5) is 22.0 Å². The van der Waals surface area contributed by atoms with Crippen LogP contribution in [0.25, 0.3) is 0 Å². The fraction of sp³-hybridized carbons (Fsp3) is 0.286. The Morgan fingerprint density at radius 2 is 1.61 bits per heavy atom. The molecule has 0 radical (unpaired) electrons. The Morgan fingerprint density at radius 1 is 0.848 bits per heavy atom. The molecule has 0 saturated carbocycles. The number of rotatable bonds is 4. The summed E-state index contributed by atoms with van der Waals surface area (Å²) in [6.07, 6.45) is 3.55. The number of fused-ring (bicyclic) bond motifs is 1. The van der Waals surface area contributed by atoms with Gasteiger partial charge in [0, 0.05) is 11.1 Å². The lowest BCUT2D eigenvalue weighted by molar-refractivity contribution is 0.480. The molecule has 3 aromatic carbocycles. The number of benzene rings is 3. The van der Waals surface area contributed by atoms with Crippen LogP contribution in [0, 0.1) is 40.9 Å². The first-order valence-corrected chi connectivity index (χ1v) is 11.1. The molecule has 5 heteroatoms. The topological polar surface area (TPSA) is 0 Å². The highest BCUT2D eigenvalue weighted by Gasteiger charge is 2.28. The van der Waals surface area contributed by atoms with Gasteiger partial charge in [0.25, 0.3) is 0 Å². The zero-order chi connectivity index (χ0) is 23.5. The van der Waals surface area contributed by atoms with Gasteiger partial charge < -0.3 is 0 Å². The van der Waals surface area contributed by atoms with Crippen molar-refractivity contribution < 1.29 is 22.0 Å². The highest BCUT2D eigenvalue weighted by atomic mass is 19.2. The Labute approximate surface area is 190 Å². The molecule has 4 rings (SSSR count). The number of hydrogen-bond donors (Lipinski definition) is 0. The van der Waals surface area contributed by atoms with E-state index in [9.17, 15) is 17.6 Å². The van der Waals surface area contributed by atoms with E-state index in [1.165, 1.54) is 24.3 Å². The maximum atomic E-state index is 15.1. The van der Waals surface area contributed by atoms with E-state index in [0.29, 0.717) is 42.4 Å². The molecule has 1 aliphatic rings. The van der Waals surface area contributed by atoms with Crippen LogP contribution < -0.4 is 0 Å². The molecule has 1 unspecified atom stereocenters. The van der Waals surface area contributed by atoms with Gasteiger partial charge in [0.15, 0.2) is 11.6 Å². The van der Waals surface area contributed by atoms with E-state index in [0.717, 1.165) is 25.0 Å². The third-order valence-electron chi connectivity index (χ3n) is 6.18. The first kappa shape index (κ1) is 23.0. The molecule has 170 valence electrons. The zero-order valence-corrected chi connectivity index (χ0v) is 18.3. The maximum absolute atomic E-state index is 15.1. The van der Waals surface area contributed by atoms with E-state index in [1.807, 2.05) is 6.92 Å². The summed E-state index contributed by atoms with van der Waals surface area (Å²) in [4.78, 5) is 0. The number of aryl methyl sites for hydroxylation is 1. The minimum atomic E-state index is -1.02. The molecule has 0 aromatic heterocycles. The van der Waals surface area contributed by atoms with E-state index in [4.69, 9.17) is 0 Å². The van der Waals surface area contributed by atoms with Crippen LogP contribution in [0.3, 0.4) is 0 Å². The molecular formula is C28H23F5. The van der Waals surface area contributed by atoms with Crippen LogP contribution >= 0.6 is 0 Å². The second-order valence-corrected chi connectivity index (χ2v) is 8.46. The average molecular weight is 454 g/mol. The van der Waals surface area contributed by atoms with Gasteiger partial charge in [0.1, 0.15) is 17.5 Å². The Hall–Kier alpha value is -3.13. The van der Waals surface area contributed by atoms with Crippen molar-refractivity contribution in [3.63, 3.8) is 0 Å². The van der Waals surface area contributed by atoms with Gasteiger partial charge in [-0.3, -0.25) is 0 Å². The Morgan fingerprint density at radius 3 is 2.30 bits per heavy atom. The molecule has 0 spiro atoms. The molecule has 1 aliphatic carbocycles. The third-order valence-corrected chi connectivity index (χ3v) is 6.18. The fourth-order valence-electron chi connectivity index (χ4n) is 4.42. The molecule has 1 atom stereocenters. The Bertz CT molecular complexity index is 1230. The predicted molar refractivity (Wildman–Crippen MR) is 118 cm³/mol. The summed E-state index contributed by atoms with van der Waals surface area (Å²) in [6.45, 7) is 2.03. The van der Waals surface area contributed by atoms with Gasteiger partial charge in [-0.2, -0.15) is 0 Å². The smallest absolute Gasteiger partial charge is 0.160 e. The molecule has 0 aliphatic heterocycles. The summed E-state index contributed by atoms with van der Waals surface area (Å²) >= 11 is 0. The lowest BCUT2D eigenvalue weighted by atomic mass is 9.79. The summed E-state index contributed by atoms with van der Waals surface area (Å²) in [5, 5.41) is 0. The molecule has 0 fully saturated rings. The number of unbranched alkanes of at least 4 members (excludes halogenated alkanes) is 1. The van der Waals surface area contributed by atoms with Crippen molar-refractivity contribution in [3.8, 4) is 11.8 Å². The molecule has 0 nitrogen and oxygen atoms in total. The highest BCUT2D eigenvalue weighted by Crippen LogP contribution is 2.37. The molecule has 0 heterocycles. The van der Waals surface area contributed by atoms with E-state index < -0.39 is 29.1 Å². The first-order valence-electron chi connectivity index (χ1n) is 11.1. The third kappa shape index (κ3) is 4.95. The van der Waals surface area contributed by atoms with E-state index in [1.54, 1.807) is 6.07 Å². The minimum absolute atomic E-state index is 0.0727. The van der Waals surface area contributed by atoms with Crippen molar-refractivity contribution in [1.29, 1.82) is 0 Å². The quantitative estimate of drug-likeness (QED) is 0.285. The summed E-state index contributed by atoms with van der Waals surface area (Å²) in [5.41, 5.74) is 2.30. The Kier molecular flexibility index (Phi) is 6.83. The Balaban J connectivity index is 1.57.